The quantitative estimate of drug-likeness (QED) is 0.676. The van der Waals surface area contributed by atoms with E-state index < -0.39 is 0 Å². The van der Waals surface area contributed by atoms with Gasteiger partial charge in [-0.3, -0.25) is 4.79 Å². The Morgan fingerprint density at radius 1 is 1.10 bits per heavy atom. The van der Waals surface area contributed by atoms with E-state index in [2.05, 4.69) is 24.5 Å². The van der Waals surface area contributed by atoms with Crippen LogP contribution in [0.2, 0.25) is 0 Å². The number of benzene rings is 2. The Kier molecular flexibility index (Phi) is 3.57. The minimum absolute atomic E-state index is 0.367. The summed E-state index contributed by atoms with van der Waals surface area (Å²) in [5, 5.41) is 0. The third-order valence-corrected chi connectivity index (χ3v) is 3.66. The molecule has 3 nitrogen and oxygen atoms in total. The van der Waals surface area contributed by atoms with Gasteiger partial charge in [-0.15, -0.1) is 0 Å². The van der Waals surface area contributed by atoms with Gasteiger partial charge < -0.3 is 4.57 Å². The first-order valence-corrected chi connectivity index (χ1v) is 7.18. The molecule has 0 amide bonds. The van der Waals surface area contributed by atoms with Crippen LogP contribution in [0.5, 0.6) is 0 Å². The van der Waals surface area contributed by atoms with E-state index in [9.17, 15) is 4.79 Å². The third kappa shape index (κ3) is 2.59. The number of aromatic nitrogens is 2. The molecule has 0 saturated heterocycles. The summed E-state index contributed by atoms with van der Waals surface area (Å²) in [7, 11) is 0. The Morgan fingerprint density at radius 3 is 2.48 bits per heavy atom. The smallest absolute Gasteiger partial charge is 0.150 e. The van der Waals surface area contributed by atoms with Crippen molar-refractivity contribution in [2.24, 2.45) is 0 Å². The van der Waals surface area contributed by atoms with Gasteiger partial charge in [-0.05, 0) is 17.7 Å². The number of para-hydroxylation sites is 2. The average molecular weight is 278 g/mol. The number of aldehydes is 1. The molecule has 0 aliphatic carbocycles. The van der Waals surface area contributed by atoms with Crippen LogP contribution in [-0.2, 0) is 6.54 Å². The lowest BCUT2D eigenvalue weighted by Crippen LogP contribution is -2.06. The maximum atomic E-state index is 10.7. The summed E-state index contributed by atoms with van der Waals surface area (Å²) >= 11 is 0. The molecule has 1 aromatic heterocycles. The number of carbonyl (C=O) groups excluding carboxylic acids is 1. The highest BCUT2D eigenvalue weighted by Gasteiger charge is 2.13. The van der Waals surface area contributed by atoms with Crippen molar-refractivity contribution in [3.8, 4) is 0 Å². The molecule has 0 radical (unpaired) electrons. The Morgan fingerprint density at radius 2 is 1.81 bits per heavy atom. The predicted molar refractivity (Wildman–Crippen MR) is 84.8 cm³/mol. The molecule has 0 saturated carbocycles. The maximum absolute atomic E-state index is 10.7. The zero-order chi connectivity index (χ0) is 14.8. The van der Waals surface area contributed by atoms with E-state index in [0.29, 0.717) is 11.5 Å². The van der Waals surface area contributed by atoms with Crippen molar-refractivity contribution in [2.75, 3.05) is 0 Å². The lowest BCUT2D eigenvalue weighted by atomic mass is 10.1. The number of hydrogen-bond donors (Lipinski definition) is 0. The van der Waals surface area contributed by atoms with Crippen LogP contribution >= 0.6 is 0 Å². The number of imidazole rings is 1. The molecule has 0 atom stereocenters. The van der Waals surface area contributed by atoms with E-state index in [0.717, 1.165) is 29.7 Å². The molecule has 0 fully saturated rings. The number of carbonyl (C=O) groups is 1. The van der Waals surface area contributed by atoms with E-state index in [1.54, 1.807) is 0 Å². The van der Waals surface area contributed by atoms with Gasteiger partial charge in [0.25, 0.3) is 0 Å². The lowest BCUT2D eigenvalue weighted by Gasteiger charge is -2.11. The van der Waals surface area contributed by atoms with Gasteiger partial charge in [-0.1, -0.05) is 50.2 Å². The van der Waals surface area contributed by atoms with E-state index >= 15 is 0 Å². The average Bonchev–Trinajstić information content (AvgIpc) is 2.87. The summed E-state index contributed by atoms with van der Waals surface area (Å²) in [4.78, 5) is 15.5. The van der Waals surface area contributed by atoms with Crippen LogP contribution in [-0.4, -0.2) is 15.8 Å². The Balaban J connectivity index is 2.05. The van der Waals surface area contributed by atoms with Crippen LogP contribution < -0.4 is 0 Å². The summed E-state index contributed by atoms with van der Waals surface area (Å²) in [5.74, 6) is 1.46. The third-order valence-electron chi connectivity index (χ3n) is 3.66. The summed E-state index contributed by atoms with van der Waals surface area (Å²) < 4.78 is 2.26. The molecule has 21 heavy (non-hydrogen) atoms. The fourth-order valence-electron chi connectivity index (χ4n) is 2.59. The second-order valence-corrected chi connectivity index (χ2v) is 5.56. The van der Waals surface area contributed by atoms with Gasteiger partial charge >= 0.3 is 0 Å². The van der Waals surface area contributed by atoms with E-state index in [1.807, 2.05) is 42.5 Å². The number of fused-ring (bicyclic) bond motifs is 1. The first-order chi connectivity index (χ1) is 10.2. The van der Waals surface area contributed by atoms with Gasteiger partial charge in [-0.25, -0.2) is 4.98 Å². The normalized spacial score (nSPS) is 11.2. The highest BCUT2D eigenvalue weighted by atomic mass is 16.1. The van der Waals surface area contributed by atoms with Crippen molar-refractivity contribution < 1.29 is 4.79 Å². The topological polar surface area (TPSA) is 34.9 Å². The predicted octanol–water partition coefficient (Wildman–Crippen LogP) is 4.02. The molecule has 0 N–H and O–H groups in total. The van der Waals surface area contributed by atoms with Crippen LogP contribution in [0, 0.1) is 0 Å². The zero-order valence-electron chi connectivity index (χ0n) is 12.3. The molecule has 3 heteroatoms. The van der Waals surface area contributed by atoms with Crippen LogP contribution in [0.25, 0.3) is 11.0 Å². The Labute approximate surface area is 124 Å². The first kappa shape index (κ1) is 13.6. The maximum Gasteiger partial charge on any atom is 0.150 e. The second kappa shape index (κ2) is 5.52. The minimum atomic E-state index is 0.367. The zero-order valence-corrected chi connectivity index (χ0v) is 12.3. The highest BCUT2D eigenvalue weighted by Crippen LogP contribution is 2.23. The van der Waals surface area contributed by atoms with Crippen LogP contribution in [0.4, 0.5) is 0 Å². The van der Waals surface area contributed by atoms with E-state index in [1.165, 1.54) is 5.56 Å². The van der Waals surface area contributed by atoms with Crippen LogP contribution in [0.3, 0.4) is 0 Å². The van der Waals surface area contributed by atoms with Gasteiger partial charge in [-0.2, -0.15) is 0 Å². The number of rotatable bonds is 4. The minimum Gasteiger partial charge on any atom is -0.323 e. The standard InChI is InChI=1S/C18H18N2O/c1-13(2)18-19-16-5-3-4-6-17(16)20(18)11-14-7-9-15(12-21)10-8-14/h3-10,12-13H,11H2,1-2H3. The highest BCUT2D eigenvalue weighted by molar-refractivity contribution is 5.76. The van der Waals surface area contributed by atoms with Crippen molar-refractivity contribution in [3.63, 3.8) is 0 Å². The molecule has 3 aromatic rings. The SMILES string of the molecule is CC(C)c1nc2ccccc2n1Cc1ccc(C=O)cc1. The first-order valence-electron chi connectivity index (χ1n) is 7.18. The summed E-state index contributed by atoms with van der Waals surface area (Å²) in [6, 6.07) is 15.9. The Hall–Kier alpha value is -2.42. The number of hydrogen-bond acceptors (Lipinski definition) is 2. The monoisotopic (exact) mass is 278 g/mol. The molecule has 1 heterocycles. The van der Waals surface area contributed by atoms with Gasteiger partial charge in [0.2, 0.25) is 0 Å². The fraction of sp³-hybridized carbons (Fsp3) is 0.222. The fourth-order valence-corrected chi connectivity index (χ4v) is 2.59. The molecule has 0 spiro atoms. The number of nitrogens with zero attached hydrogens (tertiary/aromatic N) is 2. The van der Waals surface area contributed by atoms with Crippen LogP contribution in [0.15, 0.2) is 48.5 Å². The van der Waals surface area contributed by atoms with Crippen molar-refractivity contribution in [1.29, 1.82) is 0 Å². The van der Waals surface area contributed by atoms with E-state index in [-0.39, 0.29) is 0 Å². The van der Waals surface area contributed by atoms with Gasteiger partial charge in [0.15, 0.2) is 0 Å². The van der Waals surface area contributed by atoms with Crippen molar-refractivity contribution >= 4 is 17.3 Å². The molecule has 0 aliphatic heterocycles. The second-order valence-electron chi connectivity index (χ2n) is 5.56. The molecule has 0 aliphatic rings. The van der Waals surface area contributed by atoms with Gasteiger partial charge in [0.1, 0.15) is 12.1 Å². The Bertz CT molecular complexity index is 770. The van der Waals surface area contributed by atoms with Crippen molar-refractivity contribution in [1.82, 2.24) is 9.55 Å². The molecule has 2 aromatic carbocycles. The molecule has 0 unspecified atom stereocenters. The van der Waals surface area contributed by atoms with Gasteiger partial charge in [0, 0.05) is 18.0 Å². The largest absolute Gasteiger partial charge is 0.323 e. The van der Waals surface area contributed by atoms with Crippen molar-refractivity contribution in [2.45, 2.75) is 26.3 Å². The van der Waals surface area contributed by atoms with Crippen LogP contribution in [0.1, 0.15) is 41.5 Å². The molecule has 3 rings (SSSR count). The van der Waals surface area contributed by atoms with Gasteiger partial charge in [0.05, 0.1) is 11.0 Å². The van der Waals surface area contributed by atoms with Crippen molar-refractivity contribution in [3.05, 3.63) is 65.5 Å². The molecule has 0 bridgehead atoms. The molecular formula is C18H18N2O. The summed E-state index contributed by atoms with van der Waals surface area (Å²) in [6.45, 7) is 5.09. The molecular weight excluding hydrogens is 260 g/mol. The summed E-state index contributed by atoms with van der Waals surface area (Å²) in [6.07, 6.45) is 0.871. The van der Waals surface area contributed by atoms with E-state index in [4.69, 9.17) is 4.98 Å². The molecule has 106 valence electrons. The summed E-state index contributed by atoms with van der Waals surface area (Å²) in [5.41, 5.74) is 4.07. The lowest BCUT2D eigenvalue weighted by molar-refractivity contribution is 0.112.